The molecule has 0 aliphatic carbocycles. The Morgan fingerprint density at radius 3 is 2.70 bits per heavy atom. The van der Waals surface area contributed by atoms with Crippen molar-refractivity contribution in [2.75, 3.05) is 18.4 Å². The predicted molar refractivity (Wildman–Crippen MR) is 86.6 cm³/mol. The average Bonchev–Trinajstić information content (AvgIpc) is 3.04. The number of carbonyl (C=O) groups is 1. The normalized spacial score (nSPS) is 14.1. The summed E-state index contributed by atoms with van der Waals surface area (Å²) in [5, 5.41) is 2.96. The summed E-state index contributed by atoms with van der Waals surface area (Å²) in [6.07, 6.45) is 2.05. The van der Waals surface area contributed by atoms with Crippen LogP contribution < -0.4 is 5.32 Å². The van der Waals surface area contributed by atoms with E-state index in [1.54, 1.807) is 17.9 Å². The van der Waals surface area contributed by atoms with E-state index in [0.29, 0.717) is 17.1 Å². The summed E-state index contributed by atoms with van der Waals surface area (Å²) in [6.45, 7) is 3.32. The van der Waals surface area contributed by atoms with Crippen LogP contribution in [0.25, 0.3) is 0 Å². The van der Waals surface area contributed by atoms with Crippen LogP contribution in [0.4, 0.5) is 16.0 Å². The first-order valence-electron chi connectivity index (χ1n) is 7.40. The lowest BCUT2D eigenvalue weighted by Crippen LogP contribution is -2.28. The molecular weight excluding hydrogens is 319 g/mol. The minimum absolute atomic E-state index is 0.0102. The van der Waals surface area contributed by atoms with Gasteiger partial charge in [0.2, 0.25) is 5.95 Å². The molecule has 0 radical (unpaired) electrons. The molecular formula is C16H16ClFN4O. The van der Waals surface area contributed by atoms with E-state index in [4.69, 9.17) is 11.6 Å². The molecule has 3 rings (SSSR count). The van der Waals surface area contributed by atoms with E-state index in [1.807, 2.05) is 0 Å². The quantitative estimate of drug-likeness (QED) is 0.932. The fraction of sp³-hybridized carbons (Fsp3) is 0.312. The number of nitrogens with one attached hydrogen (secondary N) is 1. The van der Waals surface area contributed by atoms with E-state index in [1.165, 1.54) is 18.2 Å². The molecule has 1 amide bonds. The summed E-state index contributed by atoms with van der Waals surface area (Å²) < 4.78 is 13.2. The largest absolute Gasteiger partial charge is 0.337 e. The van der Waals surface area contributed by atoms with Gasteiger partial charge in [-0.1, -0.05) is 11.6 Å². The van der Waals surface area contributed by atoms with Gasteiger partial charge in [-0.15, -0.1) is 0 Å². The molecule has 1 aliphatic rings. The summed E-state index contributed by atoms with van der Waals surface area (Å²) in [4.78, 5) is 22.8. The number of nitrogens with zero attached hydrogens (tertiary/aromatic N) is 3. The number of aryl methyl sites for hydroxylation is 1. The standard InChI is InChI=1S/C16H16ClFN4O/c1-10-8-14(15(23)22-6-2-3-7-22)21-16(19-10)20-11-4-5-13(18)12(17)9-11/h4-5,8-9H,2-3,6-7H2,1H3,(H,19,20,21). The molecule has 23 heavy (non-hydrogen) atoms. The fourth-order valence-electron chi connectivity index (χ4n) is 2.52. The minimum Gasteiger partial charge on any atom is -0.337 e. The molecule has 1 N–H and O–H groups in total. The van der Waals surface area contributed by atoms with Gasteiger partial charge in [0.05, 0.1) is 5.02 Å². The number of likely N-dealkylation sites (tertiary alicyclic amines) is 1. The molecule has 1 fully saturated rings. The van der Waals surface area contributed by atoms with Crippen LogP contribution in [0.3, 0.4) is 0 Å². The van der Waals surface area contributed by atoms with E-state index < -0.39 is 5.82 Å². The second-order valence-corrected chi connectivity index (χ2v) is 5.88. The highest BCUT2D eigenvalue weighted by Gasteiger charge is 2.21. The molecule has 5 nitrogen and oxygen atoms in total. The molecule has 1 aliphatic heterocycles. The third-order valence-electron chi connectivity index (χ3n) is 3.64. The highest BCUT2D eigenvalue weighted by Crippen LogP contribution is 2.22. The Labute approximate surface area is 138 Å². The first kappa shape index (κ1) is 15.7. The Balaban J connectivity index is 1.84. The summed E-state index contributed by atoms with van der Waals surface area (Å²) in [5.41, 5.74) is 1.59. The summed E-state index contributed by atoms with van der Waals surface area (Å²) in [6, 6.07) is 5.92. The number of carbonyl (C=O) groups excluding carboxylic acids is 1. The first-order chi connectivity index (χ1) is 11.0. The molecule has 0 bridgehead atoms. The van der Waals surface area contributed by atoms with E-state index in [0.717, 1.165) is 25.9 Å². The molecule has 0 unspecified atom stereocenters. The van der Waals surface area contributed by atoms with Crippen LogP contribution in [0.1, 0.15) is 29.0 Å². The van der Waals surface area contributed by atoms with E-state index in [9.17, 15) is 9.18 Å². The van der Waals surface area contributed by atoms with Crippen molar-refractivity contribution < 1.29 is 9.18 Å². The predicted octanol–water partition coefficient (Wildman–Crippen LogP) is 3.56. The van der Waals surface area contributed by atoms with E-state index in [-0.39, 0.29) is 16.9 Å². The maximum absolute atomic E-state index is 13.2. The Kier molecular flexibility index (Phi) is 4.43. The maximum atomic E-state index is 13.2. The van der Waals surface area contributed by atoms with Gasteiger partial charge in [-0.05, 0) is 44.0 Å². The van der Waals surface area contributed by atoms with Crippen molar-refractivity contribution in [2.24, 2.45) is 0 Å². The van der Waals surface area contributed by atoms with Gasteiger partial charge in [0, 0.05) is 24.5 Å². The third kappa shape index (κ3) is 3.59. The van der Waals surface area contributed by atoms with E-state index in [2.05, 4.69) is 15.3 Å². The Hall–Kier alpha value is -2.21. The Morgan fingerprint density at radius 1 is 1.26 bits per heavy atom. The van der Waals surface area contributed by atoms with Gasteiger partial charge in [-0.2, -0.15) is 0 Å². The fourth-order valence-corrected chi connectivity index (χ4v) is 2.70. The summed E-state index contributed by atoms with van der Waals surface area (Å²) >= 11 is 5.76. The van der Waals surface area contributed by atoms with Crippen molar-refractivity contribution in [3.05, 3.63) is 46.5 Å². The lowest BCUT2D eigenvalue weighted by molar-refractivity contribution is 0.0787. The highest BCUT2D eigenvalue weighted by molar-refractivity contribution is 6.31. The van der Waals surface area contributed by atoms with Crippen molar-refractivity contribution >= 4 is 29.1 Å². The molecule has 0 saturated carbocycles. The number of hydrogen-bond donors (Lipinski definition) is 1. The van der Waals surface area contributed by atoms with Crippen LogP contribution in [0.15, 0.2) is 24.3 Å². The van der Waals surface area contributed by atoms with Gasteiger partial charge in [0.25, 0.3) is 5.91 Å². The van der Waals surface area contributed by atoms with Gasteiger partial charge in [-0.3, -0.25) is 4.79 Å². The molecule has 0 spiro atoms. The molecule has 7 heteroatoms. The maximum Gasteiger partial charge on any atom is 0.272 e. The molecule has 1 saturated heterocycles. The Bertz CT molecular complexity index is 747. The number of aromatic nitrogens is 2. The van der Waals surface area contributed by atoms with Gasteiger partial charge >= 0.3 is 0 Å². The Morgan fingerprint density at radius 2 is 2.00 bits per heavy atom. The lowest BCUT2D eigenvalue weighted by Gasteiger charge is -2.15. The molecule has 2 heterocycles. The average molecular weight is 335 g/mol. The van der Waals surface area contributed by atoms with Gasteiger partial charge < -0.3 is 10.2 Å². The third-order valence-corrected chi connectivity index (χ3v) is 3.93. The van der Waals surface area contributed by atoms with Gasteiger partial charge in [0.15, 0.2) is 0 Å². The number of hydrogen-bond acceptors (Lipinski definition) is 4. The van der Waals surface area contributed by atoms with Gasteiger partial charge in [-0.25, -0.2) is 14.4 Å². The molecule has 120 valence electrons. The zero-order valence-electron chi connectivity index (χ0n) is 12.6. The second-order valence-electron chi connectivity index (χ2n) is 5.47. The lowest BCUT2D eigenvalue weighted by atomic mass is 10.3. The first-order valence-corrected chi connectivity index (χ1v) is 7.78. The number of halogens is 2. The topological polar surface area (TPSA) is 58.1 Å². The van der Waals surface area contributed by atoms with Crippen LogP contribution in [-0.4, -0.2) is 33.9 Å². The van der Waals surface area contributed by atoms with Crippen molar-refractivity contribution in [1.82, 2.24) is 14.9 Å². The van der Waals surface area contributed by atoms with Crippen LogP contribution in [0, 0.1) is 12.7 Å². The zero-order chi connectivity index (χ0) is 16.4. The van der Waals surface area contributed by atoms with E-state index >= 15 is 0 Å². The van der Waals surface area contributed by atoms with Crippen molar-refractivity contribution in [2.45, 2.75) is 19.8 Å². The molecule has 0 atom stereocenters. The number of amides is 1. The number of benzene rings is 1. The van der Waals surface area contributed by atoms with Crippen LogP contribution >= 0.6 is 11.6 Å². The second kappa shape index (κ2) is 6.50. The highest BCUT2D eigenvalue weighted by atomic mass is 35.5. The van der Waals surface area contributed by atoms with Crippen molar-refractivity contribution in [3.63, 3.8) is 0 Å². The monoisotopic (exact) mass is 334 g/mol. The van der Waals surface area contributed by atoms with Crippen molar-refractivity contribution in [1.29, 1.82) is 0 Å². The molecule has 1 aromatic carbocycles. The van der Waals surface area contributed by atoms with Crippen LogP contribution in [0.5, 0.6) is 0 Å². The van der Waals surface area contributed by atoms with Crippen LogP contribution in [-0.2, 0) is 0 Å². The minimum atomic E-state index is -0.493. The number of anilines is 2. The van der Waals surface area contributed by atoms with Crippen LogP contribution in [0.2, 0.25) is 5.02 Å². The van der Waals surface area contributed by atoms with Crippen molar-refractivity contribution in [3.8, 4) is 0 Å². The molecule has 2 aromatic rings. The molecule has 1 aromatic heterocycles. The zero-order valence-corrected chi connectivity index (χ0v) is 13.4. The summed E-state index contributed by atoms with van der Waals surface area (Å²) in [5.74, 6) is -0.296. The van der Waals surface area contributed by atoms with Gasteiger partial charge in [0.1, 0.15) is 11.5 Å². The smallest absolute Gasteiger partial charge is 0.272 e. The summed E-state index contributed by atoms with van der Waals surface area (Å²) in [7, 11) is 0. The SMILES string of the molecule is Cc1cc(C(=O)N2CCCC2)nc(Nc2ccc(F)c(Cl)c2)n1. The number of rotatable bonds is 3.